The molecule has 0 bridgehead atoms. The van der Waals surface area contributed by atoms with E-state index in [9.17, 15) is 10.2 Å². The fraction of sp³-hybridized carbons (Fsp3) is 0.111. The molecule has 8 aromatic rings. The maximum absolute atomic E-state index is 10.3. The normalized spacial score (nSPS) is 15.3. The summed E-state index contributed by atoms with van der Waals surface area (Å²) in [5.41, 5.74) is 17.4. The minimum atomic E-state index is -0.392. The van der Waals surface area contributed by atoms with Gasteiger partial charge in [0, 0.05) is 6.42 Å². The Morgan fingerprint density at radius 1 is 0.411 bits per heavy atom. The zero-order valence-electron chi connectivity index (χ0n) is 31.0. The van der Waals surface area contributed by atoms with E-state index >= 15 is 0 Å². The molecular formula is C54H40O2. The summed E-state index contributed by atoms with van der Waals surface area (Å²) in [5, 5.41) is 22.7. The molecule has 2 heteroatoms. The van der Waals surface area contributed by atoms with Crippen LogP contribution in [0.15, 0.2) is 182 Å². The minimum absolute atomic E-state index is 0.284. The largest absolute Gasteiger partial charge is 0.512 e. The van der Waals surface area contributed by atoms with Crippen LogP contribution in [0.25, 0.3) is 39.1 Å². The molecule has 2 nitrogen and oxygen atoms in total. The number of allylic oxidation sites excluding steroid dienone is 1. The molecule has 11 rings (SSSR count). The number of hydrogen-bond acceptors (Lipinski definition) is 2. The molecule has 0 fully saturated rings. The molecule has 0 radical (unpaired) electrons. The van der Waals surface area contributed by atoms with Crippen molar-refractivity contribution in [2.75, 3.05) is 0 Å². The van der Waals surface area contributed by atoms with Crippen LogP contribution in [0.4, 0.5) is 0 Å². The van der Waals surface area contributed by atoms with Gasteiger partial charge in [-0.3, -0.25) is 0 Å². The molecule has 0 saturated heterocycles. The molecule has 8 aromatic carbocycles. The molecule has 2 N–H and O–H groups in total. The smallest absolute Gasteiger partial charge is 0.116 e. The van der Waals surface area contributed by atoms with Crippen LogP contribution < -0.4 is 0 Å². The second-order valence-electron chi connectivity index (χ2n) is 16.0. The van der Waals surface area contributed by atoms with Crippen molar-refractivity contribution in [2.45, 2.75) is 36.5 Å². The Morgan fingerprint density at radius 2 is 0.857 bits per heavy atom. The monoisotopic (exact) mass is 720 g/mol. The summed E-state index contributed by atoms with van der Waals surface area (Å²) in [5.74, 6) is 0.746. The van der Waals surface area contributed by atoms with Crippen LogP contribution in [-0.2, 0) is 30.1 Å². The molecule has 0 amide bonds. The second kappa shape index (κ2) is 12.4. The van der Waals surface area contributed by atoms with Crippen LogP contribution in [0.5, 0.6) is 5.75 Å². The van der Waals surface area contributed by atoms with Crippen molar-refractivity contribution < 1.29 is 10.2 Å². The minimum Gasteiger partial charge on any atom is -0.512 e. The first-order chi connectivity index (χ1) is 27.5. The van der Waals surface area contributed by atoms with E-state index in [4.69, 9.17) is 0 Å². The SMILES string of the molecule is OC1=Cc2ccc(C3(Cc4ccc(CC5(c6ccc7cc(O)ccc7c6)c6ccccc6-c6ccccc65)cc4)c4ccccc4-c4ccccc43)cc2CC1. The predicted molar refractivity (Wildman–Crippen MR) is 228 cm³/mol. The van der Waals surface area contributed by atoms with Gasteiger partial charge in [-0.05, 0) is 132 Å². The maximum Gasteiger partial charge on any atom is 0.116 e. The van der Waals surface area contributed by atoms with Gasteiger partial charge in [-0.25, -0.2) is 0 Å². The molecule has 0 saturated carbocycles. The summed E-state index contributed by atoms with van der Waals surface area (Å²) >= 11 is 0. The second-order valence-corrected chi connectivity index (χ2v) is 16.0. The molecular weight excluding hydrogens is 681 g/mol. The van der Waals surface area contributed by atoms with Crippen LogP contribution in [0.3, 0.4) is 0 Å². The van der Waals surface area contributed by atoms with Crippen LogP contribution in [-0.4, -0.2) is 10.2 Å². The number of phenolic OH excluding ortho intramolecular Hbond substituents is 1. The highest BCUT2D eigenvalue weighted by Gasteiger charge is 2.46. The molecule has 0 heterocycles. The first-order valence-electron chi connectivity index (χ1n) is 19.7. The fourth-order valence-corrected chi connectivity index (χ4v) is 10.5. The average Bonchev–Trinajstić information content (AvgIpc) is 3.69. The molecule has 3 aliphatic carbocycles. The third-order valence-corrected chi connectivity index (χ3v) is 13.0. The number of aliphatic hydroxyl groups excluding tert-OH is 1. The van der Waals surface area contributed by atoms with Crippen LogP contribution in [0, 0.1) is 0 Å². The zero-order valence-corrected chi connectivity index (χ0v) is 31.0. The van der Waals surface area contributed by atoms with Crippen molar-refractivity contribution in [3.05, 3.63) is 237 Å². The summed E-state index contributed by atoms with van der Waals surface area (Å²) in [7, 11) is 0. The van der Waals surface area contributed by atoms with Crippen molar-refractivity contribution in [2.24, 2.45) is 0 Å². The lowest BCUT2D eigenvalue weighted by Gasteiger charge is -2.35. The first-order valence-corrected chi connectivity index (χ1v) is 19.7. The van der Waals surface area contributed by atoms with E-state index in [1.807, 2.05) is 18.2 Å². The lowest BCUT2D eigenvalue weighted by Crippen LogP contribution is -2.30. The van der Waals surface area contributed by atoms with Gasteiger partial charge in [0.25, 0.3) is 0 Å². The lowest BCUT2D eigenvalue weighted by atomic mass is 9.67. The van der Waals surface area contributed by atoms with E-state index in [2.05, 4.69) is 158 Å². The van der Waals surface area contributed by atoms with Gasteiger partial charge >= 0.3 is 0 Å². The topological polar surface area (TPSA) is 40.5 Å². The Bertz CT molecular complexity index is 2800. The van der Waals surface area contributed by atoms with E-state index in [1.54, 1.807) is 6.07 Å². The molecule has 56 heavy (non-hydrogen) atoms. The van der Waals surface area contributed by atoms with E-state index in [0.29, 0.717) is 12.2 Å². The molecule has 0 spiro atoms. The Hall–Kier alpha value is -6.64. The summed E-state index contributed by atoms with van der Waals surface area (Å²) < 4.78 is 0. The maximum atomic E-state index is 10.3. The Morgan fingerprint density at radius 3 is 1.39 bits per heavy atom. The molecule has 0 aromatic heterocycles. The number of aromatic hydroxyl groups is 1. The molecule has 0 unspecified atom stereocenters. The highest BCUT2D eigenvalue weighted by Crippen LogP contribution is 2.56. The van der Waals surface area contributed by atoms with Crippen LogP contribution in [0.2, 0.25) is 0 Å². The van der Waals surface area contributed by atoms with Gasteiger partial charge in [0.1, 0.15) is 5.75 Å². The summed E-state index contributed by atoms with van der Waals surface area (Å²) in [4.78, 5) is 0. The van der Waals surface area contributed by atoms with Crippen molar-refractivity contribution in [1.29, 1.82) is 0 Å². The predicted octanol–water partition coefficient (Wildman–Crippen LogP) is 12.5. The number of phenols is 1. The number of rotatable bonds is 6. The van der Waals surface area contributed by atoms with E-state index < -0.39 is 5.41 Å². The number of aryl methyl sites for hydroxylation is 1. The summed E-state index contributed by atoms with van der Waals surface area (Å²) in [6, 6.07) is 64.6. The molecule has 3 aliphatic rings. The van der Waals surface area contributed by atoms with Crippen molar-refractivity contribution in [3.8, 4) is 28.0 Å². The summed E-state index contributed by atoms with van der Waals surface area (Å²) in [6.45, 7) is 0. The highest BCUT2D eigenvalue weighted by atomic mass is 16.3. The zero-order chi connectivity index (χ0) is 37.4. The standard InChI is InChI=1S/C54H40O2/c55-43-27-23-37-29-41(25-21-39(37)31-43)53(49-13-5-1-9-45(49)46-10-2-6-14-50(46)53)33-35-17-19-36(20-18-35)34-54(42-26-22-40-32-44(56)28-24-38(40)30-42)51-15-7-3-11-47(51)48-12-4-8-16-52(48)54/h1-23,25-27,29-32,55-56H,24,28,33-34H2. The van der Waals surface area contributed by atoms with Gasteiger partial charge in [0.15, 0.2) is 0 Å². The number of aliphatic hydroxyl groups is 1. The van der Waals surface area contributed by atoms with Gasteiger partial charge in [0.05, 0.1) is 16.6 Å². The highest BCUT2D eigenvalue weighted by molar-refractivity contribution is 5.89. The third-order valence-electron chi connectivity index (χ3n) is 13.0. The van der Waals surface area contributed by atoms with Gasteiger partial charge < -0.3 is 10.2 Å². The Labute approximate surface area is 327 Å². The molecule has 268 valence electrons. The Balaban J connectivity index is 1.04. The fourth-order valence-electron chi connectivity index (χ4n) is 10.5. The number of fused-ring (bicyclic) bond motifs is 8. The quantitative estimate of drug-likeness (QED) is 0.180. The van der Waals surface area contributed by atoms with E-state index in [-0.39, 0.29) is 11.2 Å². The van der Waals surface area contributed by atoms with Gasteiger partial charge in [0.2, 0.25) is 0 Å². The molecule has 0 aliphatic heterocycles. The van der Waals surface area contributed by atoms with Crippen molar-refractivity contribution >= 4 is 16.8 Å². The lowest BCUT2D eigenvalue weighted by molar-refractivity contribution is 0.391. The van der Waals surface area contributed by atoms with Crippen molar-refractivity contribution in [3.63, 3.8) is 0 Å². The van der Waals surface area contributed by atoms with Crippen molar-refractivity contribution in [1.82, 2.24) is 0 Å². The van der Waals surface area contributed by atoms with E-state index in [0.717, 1.165) is 35.6 Å². The molecule has 0 atom stereocenters. The van der Waals surface area contributed by atoms with Gasteiger partial charge in [-0.1, -0.05) is 158 Å². The van der Waals surface area contributed by atoms with Gasteiger partial charge in [-0.15, -0.1) is 0 Å². The number of hydrogen-bond donors (Lipinski definition) is 2. The Kier molecular flexibility index (Phi) is 7.28. The van der Waals surface area contributed by atoms with Crippen LogP contribution >= 0.6 is 0 Å². The summed E-state index contributed by atoms with van der Waals surface area (Å²) in [6.07, 6.45) is 5.09. The average molecular weight is 721 g/mol. The number of benzene rings is 8. The third kappa shape index (κ3) is 4.82. The van der Waals surface area contributed by atoms with E-state index in [1.165, 1.54) is 72.3 Å². The van der Waals surface area contributed by atoms with Gasteiger partial charge in [-0.2, -0.15) is 0 Å². The van der Waals surface area contributed by atoms with Crippen LogP contribution in [0.1, 0.15) is 62.1 Å². The first kappa shape index (κ1) is 32.8.